The summed E-state index contributed by atoms with van der Waals surface area (Å²) in [5, 5.41) is 12.7. The highest BCUT2D eigenvalue weighted by atomic mass is 32.1. The molecule has 5 nitrogen and oxygen atoms in total. The fourth-order valence-corrected chi connectivity index (χ4v) is 1.80. The van der Waals surface area contributed by atoms with Gasteiger partial charge in [0.2, 0.25) is 5.91 Å². The lowest BCUT2D eigenvalue weighted by Crippen LogP contribution is -2.32. The summed E-state index contributed by atoms with van der Waals surface area (Å²) in [6.07, 6.45) is 0. The molecule has 1 unspecified atom stereocenters. The number of nitrogens with one attached hydrogen (secondary N) is 1. The van der Waals surface area contributed by atoms with Crippen LogP contribution in [0, 0.1) is 5.92 Å². The van der Waals surface area contributed by atoms with Gasteiger partial charge >= 0.3 is 0 Å². The molecule has 90 valence electrons. The van der Waals surface area contributed by atoms with Crippen molar-refractivity contribution in [3.05, 3.63) is 10.0 Å². The molecule has 0 bridgehead atoms. The zero-order chi connectivity index (χ0) is 12.1. The van der Waals surface area contributed by atoms with Crippen LogP contribution >= 0.6 is 11.3 Å². The first-order chi connectivity index (χ1) is 7.54. The van der Waals surface area contributed by atoms with Crippen LogP contribution in [-0.4, -0.2) is 22.6 Å². The van der Waals surface area contributed by atoms with Crippen LogP contribution in [0.15, 0.2) is 0 Å². The van der Waals surface area contributed by atoms with Crippen LogP contribution in [0.1, 0.15) is 36.7 Å². The minimum atomic E-state index is -0.155. The van der Waals surface area contributed by atoms with E-state index in [0.717, 1.165) is 10.0 Å². The number of nitrogens with two attached hydrogens (primary N) is 1. The van der Waals surface area contributed by atoms with E-state index >= 15 is 0 Å². The summed E-state index contributed by atoms with van der Waals surface area (Å²) in [6.45, 7) is 6.74. The van der Waals surface area contributed by atoms with Crippen LogP contribution in [0.2, 0.25) is 0 Å². The first-order valence-corrected chi connectivity index (χ1v) is 6.16. The van der Waals surface area contributed by atoms with E-state index < -0.39 is 0 Å². The Morgan fingerprint density at radius 2 is 2.12 bits per heavy atom. The molecule has 0 spiro atoms. The van der Waals surface area contributed by atoms with Crippen molar-refractivity contribution >= 4 is 17.2 Å². The quantitative estimate of drug-likeness (QED) is 0.803. The van der Waals surface area contributed by atoms with Crippen LogP contribution in [0.4, 0.5) is 0 Å². The predicted octanol–water partition coefficient (Wildman–Crippen LogP) is 0.872. The van der Waals surface area contributed by atoms with Crippen molar-refractivity contribution in [3.8, 4) is 0 Å². The van der Waals surface area contributed by atoms with E-state index in [1.165, 1.54) is 11.3 Å². The maximum absolute atomic E-state index is 11.5. The molecule has 0 saturated carbocycles. The van der Waals surface area contributed by atoms with Crippen molar-refractivity contribution < 1.29 is 4.79 Å². The van der Waals surface area contributed by atoms with Crippen molar-refractivity contribution in [1.82, 2.24) is 15.5 Å². The van der Waals surface area contributed by atoms with Gasteiger partial charge in [-0.2, -0.15) is 0 Å². The number of hydrogen-bond acceptors (Lipinski definition) is 5. The lowest BCUT2D eigenvalue weighted by Gasteiger charge is -2.07. The molecule has 0 fully saturated rings. The van der Waals surface area contributed by atoms with E-state index in [1.807, 2.05) is 0 Å². The highest BCUT2D eigenvalue weighted by molar-refractivity contribution is 7.11. The monoisotopic (exact) mass is 242 g/mol. The van der Waals surface area contributed by atoms with Crippen molar-refractivity contribution in [3.63, 3.8) is 0 Å². The normalized spacial score (nSPS) is 12.8. The van der Waals surface area contributed by atoms with E-state index in [0.29, 0.717) is 19.0 Å². The zero-order valence-corrected chi connectivity index (χ0v) is 10.7. The van der Waals surface area contributed by atoms with Crippen LogP contribution in [-0.2, 0) is 11.3 Å². The van der Waals surface area contributed by atoms with Gasteiger partial charge in [-0.15, -0.1) is 10.2 Å². The third-order valence-electron chi connectivity index (χ3n) is 2.19. The lowest BCUT2D eigenvalue weighted by atomic mass is 10.2. The van der Waals surface area contributed by atoms with Gasteiger partial charge in [-0.05, 0) is 0 Å². The van der Waals surface area contributed by atoms with Crippen LogP contribution in [0.5, 0.6) is 0 Å². The molecule has 0 aliphatic rings. The van der Waals surface area contributed by atoms with E-state index in [4.69, 9.17) is 5.73 Å². The van der Waals surface area contributed by atoms with Gasteiger partial charge in [0.15, 0.2) is 0 Å². The maximum atomic E-state index is 11.5. The van der Waals surface area contributed by atoms with Gasteiger partial charge in [0.25, 0.3) is 0 Å². The van der Waals surface area contributed by atoms with Crippen molar-refractivity contribution in [2.75, 3.05) is 6.54 Å². The number of aromatic nitrogens is 2. The van der Waals surface area contributed by atoms with E-state index in [1.54, 1.807) is 6.92 Å². The summed E-state index contributed by atoms with van der Waals surface area (Å²) >= 11 is 1.53. The van der Waals surface area contributed by atoms with E-state index in [9.17, 15) is 4.79 Å². The molecule has 16 heavy (non-hydrogen) atoms. The number of hydrogen-bond donors (Lipinski definition) is 2. The number of carbonyl (C=O) groups excluding carboxylic acids is 1. The Morgan fingerprint density at radius 1 is 1.44 bits per heavy atom. The van der Waals surface area contributed by atoms with Gasteiger partial charge in [0.05, 0.1) is 6.54 Å². The second kappa shape index (κ2) is 5.91. The largest absolute Gasteiger partial charge is 0.349 e. The Morgan fingerprint density at radius 3 is 2.62 bits per heavy atom. The molecule has 0 radical (unpaired) electrons. The fourth-order valence-electron chi connectivity index (χ4n) is 1.02. The molecule has 0 aliphatic heterocycles. The van der Waals surface area contributed by atoms with Crippen molar-refractivity contribution in [2.24, 2.45) is 11.7 Å². The minimum Gasteiger partial charge on any atom is -0.349 e. The van der Waals surface area contributed by atoms with Gasteiger partial charge < -0.3 is 11.1 Å². The molecule has 0 aromatic carbocycles. The molecule has 1 aromatic rings. The van der Waals surface area contributed by atoms with Crippen molar-refractivity contribution in [2.45, 2.75) is 33.2 Å². The first kappa shape index (κ1) is 13.1. The SMILES string of the molecule is CC(CN)C(=O)NCc1nnc(C(C)C)s1. The summed E-state index contributed by atoms with van der Waals surface area (Å²) in [6, 6.07) is 0. The molecule has 1 heterocycles. The molecule has 1 atom stereocenters. The summed E-state index contributed by atoms with van der Waals surface area (Å²) in [4.78, 5) is 11.5. The predicted molar refractivity (Wildman–Crippen MR) is 64.1 cm³/mol. The summed E-state index contributed by atoms with van der Waals surface area (Å²) in [7, 11) is 0. The second-order valence-corrected chi connectivity index (χ2v) is 5.14. The van der Waals surface area contributed by atoms with Gasteiger partial charge in [0, 0.05) is 18.4 Å². The molecule has 3 N–H and O–H groups in total. The second-order valence-electron chi connectivity index (χ2n) is 4.04. The summed E-state index contributed by atoms with van der Waals surface area (Å²) in [5.74, 6) is 0.186. The van der Waals surface area contributed by atoms with Crippen LogP contribution < -0.4 is 11.1 Å². The molecule has 0 aliphatic carbocycles. The van der Waals surface area contributed by atoms with Gasteiger partial charge in [0.1, 0.15) is 10.0 Å². The molecule has 6 heteroatoms. The van der Waals surface area contributed by atoms with Crippen LogP contribution in [0.3, 0.4) is 0 Å². The summed E-state index contributed by atoms with van der Waals surface area (Å²) in [5.41, 5.74) is 5.40. The third kappa shape index (κ3) is 3.53. The molecule has 0 saturated heterocycles. The molecule has 1 aromatic heterocycles. The standard InChI is InChI=1S/C10H18N4OS/c1-6(2)10-14-13-8(16-10)5-12-9(15)7(3)4-11/h6-7H,4-5,11H2,1-3H3,(H,12,15). The average molecular weight is 242 g/mol. The zero-order valence-electron chi connectivity index (χ0n) is 9.86. The number of carbonyl (C=O) groups is 1. The third-order valence-corrected chi connectivity index (χ3v) is 3.42. The smallest absolute Gasteiger partial charge is 0.224 e. The molecular weight excluding hydrogens is 224 g/mol. The van der Waals surface area contributed by atoms with Gasteiger partial charge in [-0.1, -0.05) is 32.1 Å². The number of rotatable bonds is 5. The minimum absolute atomic E-state index is 0.0382. The Kier molecular flexibility index (Phi) is 4.82. The Hall–Kier alpha value is -1.01. The fraction of sp³-hybridized carbons (Fsp3) is 0.700. The first-order valence-electron chi connectivity index (χ1n) is 5.34. The Balaban J connectivity index is 2.45. The maximum Gasteiger partial charge on any atom is 0.224 e. The lowest BCUT2D eigenvalue weighted by molar-refractivity contribution is -0.124. The molecule has 1 rings (SSSR count). The van der Waals surface area contributed by atoms with E-state index in [-0.39, 0.29) is 11.8 Å². The number of nitrogens with zero attached hydrogens (tertiary/aromatic N) is 2. The molecular formula is C10H18N4OS. The summed E-state index contributed by atoms with van der Waals surface area (Å²) < 4.78 is 0. The van der Waals surface area contributed by atoms with Crippen LogP contribution in [0.25, 0.3) is 0 Å². The van der Waals surface area contributed by atoms with E-state index in [2.05, 4.69) is 29.4 Å². The molecule has 1 amide bonds. The topological polar surface area (TPSA) is 80.9 Å². The van der Waals surface area contributed by atoms with Gasteiger partial charge in [-0.25, -0.2) is 0 Å². The van der Waals surface area contributed by atoms with Gasteiger partial charge in [-0.3, -0.25) is 4.79 Å². The Labute approximate surface area is 99.5 Å². The van der Waals surface area contributed by atoms with Crippen molar-refractivity contribution in [1.29, 1.82) is 0 Å². The average Bonchev–Trinajstić information content (AvgIpc) is 2.73. The number of amides is 1. The highest BCUT2D eigenvalue weighted by Crippen LogP contribution is 2.18. The Bertz CT molecular complexity index is 350. The highest BCUT2D eigenvalue weighted by Gasteiger charge is 2.12.